The molecule has 0 N–H and O–H groups in total. The molecule has 1 aromatic heterocycles. The van der Waals surface area contributed by atoms with E-state index in [2.05, 4.69) is 16.7 Å². The number of rotatable bonds is 4. The predicted octanol–water partition coefficient (Wildman–Crippen LogP) is 3.13. The molecular weight excluding hydrogens is 326 g/mol. The van der Waals surface area contributed by atoms with Gasteiger partial charge in [0.25, 0.3) is 5.91 Å². The molecule has 3 aliphatic rings. The van der Waals surface area contributed by atoms with Crippen molar-refractivity contribution >= 4 is 16.8 Å². The Morgan fingerprint density at radius 1 is 1.19 bits per heavy atom. The van der Waals surface area contributed by atoms with Gasteiger partial charge >= 0.3 is 0 Å². The minimum absolute atomic E-state index is 0.165. The number of aromatic nitrogens is 1. The van der Waals surface area contributed by atoms with Gasteiger partial charge in [-0.15, -0.1) is 0 Å². The summed E-state index contributed by atoms with van der Waals surface area (Å²) < 4.78 is 7.35. The highest BCUT2D eigenvalue weighted by molar-refractivity contribution is 5.99. The molecule has 140 valence electrons. The van der Waals surface area contributed by atoms with E-state index in [1.54, 1.807) is 7.11 Å². The van der Waals surface area contributed by atoms with Gasteiger partial charge in [-0.2, -0.15) is 0 Å². The van der Waals surface area contributed by atoms with Crippen molar-refractivity contribution in [2.24, 2.45) is 13.0 Å². The Labute approximate surface area is 155 Å². The normalized spacial score (nSPS) is 23.4. The minimum atomic E-state index is 0.165. The highest BCUT2D eigenvalue weighted by Gasteiger charge is 2.36. The Bertz CT molecular complexity index is 813. The van der Waals surface area contributed by atoms with Gasteiger partial charge in [-0.05, 0) is 49.9 Å². The fourth-order valence-electron chi connectivity index (χ4n) is 4.71. The fourth-order valence-corrected chi connectivity index (χ4v) is 4.71. The van der Waals surface area contributed by atoms with Crippen LogP contribution in [-0.4, -0.2) is 59.6 Å². The number of aryl methyl sites for hydroxylation is 1. The second kappa shape index (κ2) is 6.95. The van der Waals surface area contributed by atoms with Crippen molar-refractivity contribution < 1.29 is 9.53 Å². The second-order valence-electron chi connectivity index (χ2n) is 7.82. The Kier molecular flexibility index (Phi) is 4.65. The number of hydrogen-bond donors (Lipinski definition) is 0. The van der Waals surface area contributed by atoms with Crippen LogP contribution in [0.4, 0.5) is 0 Å². The highest BCUT2D eigenvalue weighted by atomic mass is 16.5. The van der Waals surface area contributed by atoms with Crippen molar-refractivity contribution in [1.82, 2.24) is 14.4 Å². The summed E-state index contributed by atoms with van der Waals surface area (Å²) in [6, 6.07) is 8.52. The van der Waals surface area contributed by atoms with Crippen molar-refractivity contribution in [3.8, 4) is 5.75 Å². The maximum Gasteiger partial charge on any atom is 0.270 e. The van der Waals surface area contributed by atoms with E-state index in [4.69, 9.17) is 4.74 Å². The molecule has 5 rings (SSSR count). The number of amides is 1. The SMILES string of the molecule is CCCN1C[C@H]2CC[C@@H]1CN(C(=O)c1cc3ccc(OC)cc3n1C)C2. The standard InChI is InChI=1S/C21H29N3O2/c1-4-9-23-12-15-5-7-17(23)14-24(13-15)21(25)20-10-16-6-8-18(26-3)11-19(16)22(20)2/h6,8,10-11,15,17H,4-5,7,9,12-14H2,1-3H3/t15-,17-/m1/s1. The molecular formula is C21H29N3O2. The number of carbonyl (C=O) groups excluding carboxylic acids is 1. The van der Waals surface area contributed by atoms with Crippen molar-refractivity contribution in [3.63, 3.8) is 0 Å². The molecule has 5 heteroatoms. The first-order valence-electron chi connectivity index (χ1n) is 9.77. The molecule has 3 saturated heterocycles. The van der Waals surface area contributed by atoms with E-state index >= 15 is 0 Å². The number of nitrogens with zero attached hydrogens (tertiary/aromatic N) is 3. The number of fused-ring (bicyclic) bond motifs is 5. The van der Waals surface area contributed by atoms with Crippen molar-refractivity contribution in [1.29, 1.82) is 0 Å². The number of methoxy groups -OCH3 is 1. The van der Waals surface area contributed by atoms with Crippen LogP contribution in [0.1, 0.15) is 36.7 Å². The molecule has 2 bridgehead atoms. The zero-order valence-corrected chi connectivity index (χ0v) is 16.1. The van der Waals surface area contributed by atoms with Gasteiger partial charge in [0.2, 0.25) is 0 Å². The average molecular weight is 355 g/mol. The number of carbonyl (C=O) groups is 1. The Hall–Kier alpha value is -2.01. The molecule has 2 aromatic rings. The summed E-state index contributed by atoms with van der Waals surface area (Å²) in [5.41, 5.74) is 1.81. The summed E-state index contributed by atoms with van der Waals surface area (Å²) in [7, 11) is 3.65. The number of ether oxygens (including phenoxy) is 1. The van der Waals surface area contributed by atoms with Crippen LogP contribution in [0.5, 0.6) is 5.75 Å². The maximum atomic E-state index is 13.3. The molecule has 3 fully saturated rings. The largest absolute Gasteiger partial charge is 0.497 e. The third kappa shape index (κ3) is 2.98. The Balaban J connectivity index is 1.61. The average Bonchev–Trinajstić information content (AvgIpc) is 2.80. The summed E-state index contributed by atoms with van der Waals surface area (Å²) in [5, 5.41) is 1.09. The lowest BCUT2D eigenvalue weighted by Crippen LogP contribution is -2.44. The predicted molar refractivity (Wildman–Crippen MR) is 104 cm³/mol. The summed E-state index contributed by atoms with van der Waals surface area (Å²) >= 11 is 0. The van der Waals surface area contributed by atoms with Gasteiger partial charge in [0.15, 0.2) is 0 Å². The van der Waals surface area contributed by atoms with E-state index < -0.39 is 0 Å². The number of benzene rings is 1. The molecule has 3 aliphatic heterocycles. The van der Waals surface area contributed by atoms with Crippen LogP contribution in [0, 0.1) is 5.92 Å². The summed E-state index contributed by atoms with van der Waals surface area (Å²) in [6.45, 7) is 6.29. The van der Waals surface area contributed by atoms with E-state index in [-0.39, 0.29) is 5.91 Å². The van der Waals surface area contributed by atoms with Gasteiger partial charge in [-0.3, -0.25) is 9.69 Å². The summed E-state index contributed by atoms with van der Waals surface area (Å²) in [5.74, 6) is 1.60. The van der Waals surface area contributed by atoms with Crippen molar-refractivity contribution in [3.05, 3.63) is 30.0 Å². The van der Waals surface area contributed by atoms with Gasteiger partial charge in [-0.25, -0.2) is 0 Å². The monoisotopic (exact) mass is 355 g/mol. The molecule has 0 unspecified atom stereocenters. The third-order valence-corrected chi connectivity index (χ3v) is 6.10. The lowest BCUT2D eigenvalue weighted by molar-refractivity contribution is 0.0729. The van der Waals surface area contributed by atoms with Gasteiger partial charge in [-0.1, -0.05) is 6.92 Å². The maximum absolute atomic E-state index is 13.3. The van der Waals surface area contributed by atoms with E-state index in [0.29, 0.717) is 12.0 Å². The molecule has 1 aromatic carbocycles. The third-order valence-electron chi connectivity index (χ3n) is 6.10. The lowest BCUT2D eigenvalue weighted by Gasteiger charge is -2.35. The molecule has 5 nitrogen and oxygen atoms in total. The number of piperidine rings is 1. The van der Waals surface area contributed by atoms with Gasteiger partial charge in [0.1, 0.15) is 11.4 Å². The van der Waals surface area contributed by atoms with Crippen LogP contribution in [0.25, 0.3) is 10.9 Å². The van der Waals surface area contributed by atoms with Gasteiger partial charge in [0, 0.05) is 44.2 Å². The topological polar surface area (TPSA) is 37.7 Å². The van der Waals surface area contributed by atoms with E-state index in [1.807, 2.05) is 35.9 Å². The zero-order chi connectivity index (χ0) is 18.3. The number of hydrogen-bond acceptors (Lipinski definition) is 3. The van der Waals surface area contributed by atoms with Crippen LogP contribution >= 0.6 is 0 Å². The molecule has 0 aliphatic carbocycles. The lowest BCUT2D eigenvalue weighted by atomic mass is 9.95. The first kappa shape index (κ1) is 17.4. The minimum Gasteiger partial charge on any atom is -0.497 e. The summed E-state index contributed by atoms with van der Waals surface area (Å²) in [4.78, 5) is 18.0. The van der Waals surface area contributed by atoms with Crippen LogP contribution < -0.4 is 4.74 Å². The quantitative estimate of drug-likeness (QED) is 0.846. The van der Waals surface area contributed by atoms with E-state index in [1.165, 1.54) is 19.3 Å². The van der Waals surface area contributed by atoms with Crippen LogP contribution in [0.2, 0.25) is 0 Å². The van der Waals surface area contributed by atoms with Gasteiger partial charge in [0.05, 0.1) is 12.6 Å². The van der Waals surface area contributed by atoms with Crippen molar-refractivity contribution in [2.45, 2.75) is 32.2 Å². The molecule has 0 saturated carbocycles. The Morgan fingerprint density at radius 2 is 2.04 bits per heavy atom. The van der Waals surface area contributed by atoms with E-state index in [0.717, 1.165) is 48.5 Å². The van der Waals surface area contributed by atoms with E-state index in [9.17, 15) is 4.79 Å². The molecule has 4 heterocycles. The first-order valence-corrected chi connectivity index (χ1v) is 9.77. The van der Waals surface area contributed by atoms with Gasteiger partial charge < -0.3 is 14.2 Å². The van der Waals surface area contributed by atoms with Crippen LogP contribution in [0.15, 0.2) is 24.3 Å². The molecule has 0 spiro atoms. The van der Waals surface area contributed by atoms with Crippen LogP contribution in [-0.2, 0) is 7.05 Å². The fraction of sp³-hybridized carbons (Fsp3) is 0.571. The molecule has 26 heavy (non-hydrogen) atoms. The van der Waals surface area contributed by atoms with Crippen molar-refractivity contribution in [2.75, 3.05) is 33.3 Å². The highest BCUT2D eigenvalue weighted by Crippen LogP contribution is 2.30. The summed E-state index contributed by atoms with van der Waals surface area (Å²) in [6.07, 6.45) is 3.66. The first-order chi connectivity index (χ1) is 12.6. The zero-order valence-electron chi connectivity index (χ0n) is 16.1. The van der Waals surface area contributed by atoms with Crippen LogP contribution in [0.3, 0.4) is 0 Å². The molecule has 2 atom stereocenters. The smallest absolute Gasteiger partial charge is 0.270 e. The molecule has 1 amide bonds. The second-order valence-corrected chi connectivity index (χ2v) is 7.82. The Morgan fingerprint density at radius 3 is 2.81 bits per heavy atom. The molecule has 0 radical (unpaired) electrons.